The number of aromatic nitrogens is 3. The molecule has 0 atom stereocenters. The van der Waals surface area contributed by atoms with E-state index in [0.717, 1.165) is 25.7 Å². The molecule has 1 aliphatic carbocycles. The highest BCUT2D eigenvalue weighted by Gasteiger charge is 2.24. The van der Waals surface area contributed by atoms with Crippen LogP contribution < -0.4 is 4.72 Å². The maximum absolute atomic E-state index is 11.9. The van der Waals surface area contributed by atoms with Crippen LogP contribution in [0.15, 0.2) is 6.33 Å². The van der Waals surface area contributed by atoms with Crippen molar-refractivity contribution in [2.45, 2.75) is 32.1 Å². The van der Waals surface area contributed by atoms with E-state index >= 15 is 0 Å². The van der Waals surface area contributed by atoms with Gasteiger partial charge in [0.1, 0.15) is 6.33 Å². The maximum Gasteiger partial charge on any atom is 0.304 e. The van der Waals surface area contributed by atoms with Crippen LogP contribution in [-0.2, 0) is 17.1 Å². The van der Waals surface area contributed by atoms with E-state index < -0.39 is 15.9 Å². The van der Waals surface area contributed by atoms with Crippen LogP contribution in [0, 0.1) is 5.92 Å². The van der Waals surface area contributed by atoms with Gasteiger partial charge in [0.15, 0.2) is 0 Å². The van der Waals surface area contributed by atoms with Crippen molar-refractivity contribution in [2.24, 2.45) is 13.0 Å². The third-order valence-electron chi connectivity index (χ3n) is 3.23. The van der Waals surface area contributed by atoms with Crippen LogP contribution in [0.1, 0.15) is 42.7 Å². The lowest BCUT2D eigenvalue weighted by atomic mass is 9.91. The maximum atomic E-state index is 11.9. The van der Waals surface area contributed by atoms with E-state index in [1.165, 1.54) is 17.4 Å². The molecule has 1 N–H and O–H groups in total. The number of sulfonamides is 1. The number of hydrogen-bond donors (Lipinski definition) is 1. The summed E-state index contributed by atoms with van der Waals surface area (Å²) < 4.78 is 27.2. The number of carbonyl (C=O) groups is 1. The van der Waals surface area contributed by atoms with Gasteiger partial charge in [-0.15, -0.1) is 5.10 Å². The lowest BCUT2D eigenvalue weighted by Gasteiger charge is -2.21. The van der Waals surface area contributed by atoms with Gasteiger partial charge in [0.05, 0.1) is 5.75 Å². The molecule has 1 aliphatic rings. The van der Waals surface area contributed by atoms with Gasteiger partial charge in [0.2, 0.25) is 15.8 Å². The van der Waals surface area contributed by atoms with Crippen LogP contribution >= 0.6 is 0 Å². The zero-order valence-corrected chi connectivity index (χ0v) is 11.7. The molecule has 0 bridgehead atoms. The second-order valence-electron chi connectivity index (χ2n) is 4.96. The second kappa shape index (κ2) is 5.68. The summed E-state index contributed by atoms with van der Waals surface area (Å²) in [5, 5.41) is 3.77. The van der Waals surface area contributed by atoms with Crippen molar-refractivity contribution in [3.8, 4) is 0 Å². The molecule has 0 aliphatic heterocycles. The molecule has 1 aromatic rings. The summed E-state index contributed by atoms with van der Waals surface area (Å²) >= 11 is 0. The van der Waals surface area contributed by atoms with Crippen molar-refractivity contribution >= 4 is 15.9 Å². The van der Waals surface area contributed by atoms with Crippen LogP contribution in [0.25, 0.3) is 0 Å². The molecule has 1 saturated carbocycles. The normalized spacial score (nSPS) is 17.3. The molecule has 0 saturated heterocycles. The van der Waals surface area contributed by atoms with E-state index in [-0.39, 0.29) is 17.5 Å². The summed E-state index contributed by atoms with van der Waals surface area (Å²) in [5.41, 5.74) is 0. The molecular weight excluding hydrogens is 268 g/mol. The largest absolute Gasteiger partial charge is 0.304 e. The van der Waals surface area contributed by atoms with Crippen LogP contribution in [0.4, 0.5) is 0 Å². The Morgan fingerprint density at radius 2 is 2.11 bits per heavy atom. The summed E-state index contributed by atoms with van der Waals surface area (Å²) in [4.78, 5) is 15.4. The van der Waals surface area contributed by atoms with Gasteiger partial charge in [-0.2, -0.15) is 0 Å². The Morgan fingerprint density at radius 3 is 2.68 bits per heavy atom. The summed E-state index contributed by atoms with van der Waals surface area (Å²) in [5.74, 6) is -0.743. The number of carbonyl (C=O) groups excluding carboxylic acids is 1. The fourth-order valence-corrected chi connectivity index (χ4v) is 3.75. The van der Waals surface area contributed by atoms with Gasteiger partial charge < -0.3 is 0 Å². The molecule has 1 heterocycles. The highest BCUT2D eigenvalue weighted by atomic mass is 32.2. The molecule has 0 aromatic carbocycles. The zero-order valence-electron chi connectivity index (χ0n) is 10.9. The fraction of sp³-hybridized carbons (Fsp3) is 0.727. The van der Waals surface area contributed by atoms with Gasteiger partial charge in [-0.3, -0.25) is 9.48 Å². The average molecular weight is 286 g/mol. The molecule has 106 valence electrons. The molecule has 0 radical (unpaired) electrons. The predicted octanol–water partition coefficient (Wildman–Crippen LogP) is 0.455. The molecule has 1 amide bonds. The van der Waals surface area contributed by atoms with Crippen molar-refractivity contribution in [2.75, 3.05) is 5.75 Å². The van der Waals surface area contributed by atoms with E-state index in [0.29, 0.717) is 0 Å². The smallest absolute Gasteiger partial charge is 0.264 e. The molecule has 8 heteroatoms. The van der Waals surface area contributed by atoms with Gasteiger partial charge in [-0.1, -0.05) is 19.3 Å². The Morgan fingerprint density at radius 1 is 1.42 bits per heavy atom. The molecule has 2 rings (SSSR count). The summed E-state index contributed by atoms with van der Waals surface area (Å²) in [6.45, 7) is 0. The number of hydrogen-bond acceptors (Lipinski definition) is 5. The van der Waals surface area contributed by atoms with Gasteiger partial charge >= 0.3 is 5.91 Å². The predicted molar refractivity (Wildman–Crippen MR) is 68.8 cm³/mol. The van der Waals surface area contributed by atoms with Crippen molar-refractivity contribution in [3.63, 3.8) is 0 Å². The Labute approximate surface area is 112 Å². The second-order valence-corrected chi connectivity index (χ2v) is 6.73. The van der Waals surface area contributed by atoms with Crippen LogP contribution in [0.5, 0.6) is 0 Å². The van der Waals surface area contributed by atoms with Gasteiger partial charge in [0.25, 0.3) is 0 Å². The van der Waals surface area contributed by atoms with Crippen molar-refractivity contribution in [1.82, 2.24) is 19.5 Å². The Balaban J connectivity index is 1.94. The molecule has 19 heavy (non-hydrogen) atoms. The third kappa shape index (κ3) is 4.02. The minimum absolute atomic E-state index is 0.00553. The van der Waals surface area contributed by atoms with E-state index in [2.05, 4.69) is 10.1 Å². The van der Waals surface area contributed by atoms with Gasteiger partial charge in [-0.05, 0) is 18.8 Å². The van der Waals surface area contributed by atoms with Crippen LogP contribution in [-0.4, -0.2) is 34.8 Å². The van der Waals surface area contributed by atoms with Crippen LogP contribution in [0.3, 0.4) is 0 Å². The number of rotatable bonds is 4. The van der Waals surface area contributed by atoms with Gasteiger partial charge in [0, 0.05) is 7.05 Å². The molecule has 1 fully saturated rings. The van der Waals surface area contributed by atoms with Crippen molar-refractivity contribution < 1.29 is 13.2 Å². The van der Waals surface area contributed by atoms with E-state index in [1.807, 2.05) is 4.72 Å². The Kier molecular flexibility index (Phi) is 4.18. The molecule has 1 aromatic heterocycles. The number of aryl methyl sites for hydroxylation is 1. The highest BCUT2D eigenvalue weighted by molar-refractivity contribution is 7.90. The number of nitrogens with one attached hydrogen (secondary N) is 1. The third-order valence-corrected chi connectivity index (χ3v) is 4.64. The number of amides is 1. The lowest BCUT2D eigenvalue weighted by molar-refractivity contribution is 0.0971. The van der Waals surface area contributed by atoms with Crippen molar-refractivity contribution in [3.05, 3.63) is 12.2 Å². The Bertz CT molecular complexity index is 546. The molecule has 0 spiro atoms. The first-order valence-electron chi connectivity index (χ1n) is 6.37. The fourth-order valence-electron chi connectivity index (χ4n) is 2.34. The minimum atomic E-state index is -3.61. The zero-order chi connectivity index (χ0) is 13.9. The van der Waals surface area contributed by atoms with E-state index in [9.17, 15) is 13.2 Å². The summed E-state index contributed by atoms with van der Waals surface area (Å²) in [6.07, 6.45) is 6.48. The first-order chi connectivity index (χ1) is 8.96. The monoisotopic (exact) mass is 286 g/mol. The SMILES string of the molecule is Cn1cnc(C(=O)NS(=O)(=O)CC2CCCCC2)n1. The quantitative estimate of drug-likeness (QED) is 0.867. The topological polar surface area (TPSA) is 94.0 Å². The molecular formula is C11H18N4O3S. The average Bonchev–Trinajstić information content (AvgIpc) is 2.76. The van der Waals surface area contributed by atoms with Gasteiger partial charge in [-0.25, -0.2) is 18.1 Å². The van der Waals surface area contributed by atoms with Crippen molar-refractivity contribution in [1.29, 1.82) is 0 Å². The Hall–Kier alpha value is -1.44. The summed E-state index contributed by atoms with van der Waals surface area (Å²) in [7, 11) is -2.00. The standard InChI is InChI=1S/C11H18N4O3S/c1-15-8-12-10(13-15)11(16)14-19(17,18)7-9-5-3-2-4-6-9/h8-9H,2-7H2,1H3,(H,14,16). The van der Waals surface area contributed by atoms with E-state index in [1.54, 1.807) is 7.05 Å². The first kappa shape index (κ1) is 14.0. The minimum Gasteiger partial charge on any atom is -0.264 e. The molecule has 0 unspecified atom stereocenters. The van der Waals surface area contributed by atoms with Crippen LogP contribution in [0.2, 0.25) is 0 Å². The molecule has 7 nitrogen and oxygen atoms in total. The van der Waals surface area contributed by atoms with E-state index in [4.69, 9.17) is 0 Å². The highest BCUT2D eigenvalue weighted by Crippen LogP contribution is 2.24. The first-order valence-corrected chi connectivity index (χ1v) is 8.02. The lowest BCUT2D eigenvalue weighted by Crippen LogP contribution is -2.35. The summed E-state index contributed by atoms with van der Waals surface area (Å²) in [6, 6.07) is 0. The number of nitrogens with zero attached hydrogens (tertiary/aromatic N) is 3.